The van der Waals surface area contributed by atoms with Crippen LogP contribution in [0.25, 0.3) is 5.70 Å². The minimum absolute atomic E-state index is 0.690. The predicted octanol–water partition coefficient (Wildman–Crippen LogP) is 2.89. The minimum Gasteiger partial charge on any atom is -0.493 e. The second-order valence-electron chi connectivity index (χ2n) is 8.55. The number of rotatable bonds is 9. The molecule has 4 nitrogen and oxygen atoms in total. The highest BCUT2D eigenvalue weighted by Gasteiger charge is 2.19. The fourth-order valence-electron chi connectivity index (χ4n) is 4.35. The molecule has 4 rings (SSSR count). The van der Waals surface area contributed by atoms with E-state index < -0.39 is 0 Å². The third kappa shape index (κ3) is 5.06. The lowest BCUT2D eigenvalue weighted by molar-refractivity contribution is 0.308. The highest BCUT2D eigenvalue weighted by molar-refractivity contribution is 5.53. The molecular weight excluding hydrogens is 358 g/mol. The van der Waals surface area contributed by atoms with Gasteiger partial charge in [0.1, 0.15) is 5.75 Å². The maximum atomic E-state index is 6.20. The predicted molar refractivity (Wildman–Crippen MR) is 118 cm³/mol. The summed E-state index contributed by atoms with van der Waals surface area (Å²) >= 11 is 0. The van der Waals surface area contributed by atoms with Crippen LogP contribution in [0.4, 0.5) is 0 Å². The summed E-state index contributed by atoms with van der Waals surface area (Å²) in [6, 6.07) is 14.9. The zero-order chi connectivity index (χ0) is 20.1. The lowest BCUT2D eigenvalue weighted by Crippen LogP contribution is -2.40. The summed E-state index contributed by atoms with van der Waals surface area (Å²) in [7, 11) is 4.21. The Morgan fingerprint density at radius 2 is 1.83 bits per heavy atom. The van der Waals surface area contributed by atoms with E-state index in [2.05, 4.69) is 66.8 Å². The van der Waals surface area contributed by atoms with Crippen LogP contribution in [-0.4, -0.2) is 38.7 Å². The van der Waals surface area contributed by atoms with Crippen LogP contribution in [0.1, 0.15) is 36.8 Å². The van der Waals surface area contributed by atoms with Gasteiger partial charge in [-0.1, -0.05) is 30.3 Å². The van der Waals surface area contributed by atoms with Gasteiger partial charge in [0.2, 0.25) is 0 Å². The zero-order valence-electron chi connectivity index (χ0n) is 17.8. The van der Waals surface area contributed by atoms with Crippen LogP contribution in [0.2, 0.25) is 0 Å². The first kappa shape index (κ1) is 20.1. The van der Waals surface area contributed by atoms with Crippen molar-refractivity contribution >= 4 is 5.70 Å². The molecule has 154 valence electrons. The molecule has 2 aromatic carbocycles. The van der Waals surface area contributed by atoms with Gasteiger partial charge in [-0.25, -0.2) is 0 Å². The Bertz CT molecular complexity index is 931. The Kier molecular flexibility index (Phi) is 6.63. The van der Waals surface area contributed by atoms with E-state index in [4.69, 9.17) is 9.73 Å². The molecule has 0 aromatic heterocycles. The van der Waals surface area contributed by atoms with Crippen molar-refractivity contribution in [2.75, 3.05) is 33.8 Å². The van der Waals surface area contributed by atoms with Crippen molar-refractivity contribution in [1.29, 1.82) is 0 Å². The highest BCUT2D eigenvalue weighted by Crippen LogP contribution is 2.23. The average molecular weight is 392 g/mol. The second kappa shape index (κ2) is 9.55. The Balaban J connectivity index is 1.45. The zero-order valence-corrected chi connectivity index (χ0v) is 17.8. The summed E-state index contributed by atoms with van der Waals surface area (Å²) in [5.41, 5.74) is 3.82. The van der Waals surface area contributed by atoms with Gasteiger partial charge in [0.15, 0.2) is 0 Å². The number of hydrogen-bond acceptors (Lipinski definition) is 4. The van der Waals surface area contributed by atoms with Gasteiger partial charge in [-0.2, -0.15) is 0 Å². The molecule has 0 unspecified atom stereocenters. The van der Waals surface area contributed by atoms with Crippen molar-refractivity contribution in [2.24, 2.45) is 10.9 Å². The van der Waals surface area contributed by atoms with Crippen LogP contribution in [0.3, 0.4) is 0 Å². The molecule has 2 aliphatic rings. The van der Waals surface area contributed by atoms with Crippen LogP contribution < -0.4 is 20.6 Å². The van der Waals surface area contributed by atoms with Crippen LogP contribution in [-0.2, 0) is 13.0 Å². The number of fused-ring (bicyclic) bond motifs is 1. The van der Waals surface area contributed by atoms with Crippen LogP contribution in [0, 0.1) is 5.92 Å². The van der Waals surface area contributed by atoms with Gasteiger partial charge in [0, 0.05) is 23.7 Å². The van der Waals surface area contributed by atoms with Gasteiger partial charge in [0.05, 0.1) is 17.7 Å². The third-order valence-electron chi connectivity index (χ3n) is 6.01. The number of nitrogens with one attached hydrogen (secondary N) is 1. The van der Waals surface area contributed by atoms with E-state index >= 15 is 0 Å². The number of piperidine rings is 1. The Morgan fingerprint density at radius 3 is 2.59 bits per heavy atom. The minimum atomic E-state index is 0.690. The molecule has 0 saturated carbocycles. The van der Waals surface area contributed by atoms with Crippen molar-refractivity contribution in [2.45, 2.75) is 38.6 Å². The standard InChI is InChI=1S/C25H33N3O/c1-28(2)18-22-24(29-17-14-19-6-4-3-5-7-19)11-9-21-23(27-25(21)22)10-8-20-12-15-26-16-13-20/h3-7,9,11,20,26H,8,10,12-18H2,1-2H3. The largest absolute Gasteiger partial charge is 0.493 e. The quantitative estimate of drug-likeness (QED) is 0.714. The maximum absolute atomic E-state index is 6.20. The van der Waals surface area contributed by atoms with Gasteiger partial charge in [-0.15, -0.1) is 0 Å². The smallest absolute Gasteiger partial charge is 0.126 e. The fraction of sp³-hybridized carbons (Fsp3) is 0.480. The summed E-state index contributed by atoms with van der Waals surface area (Å²) in [5, 5.41) is 5.94. The number of ether oxygens (including phenoxy) is 1. The van der Waals surface area contributed by atoms with Crippen molar-refractivity contribution in [3.8, 4) is 5.75 Å². The summed E-state index contributed by atoms with van der Waals surface area (Å²) in [6.07, 6.45) is 5.90. The number of hydrogen-bond donors (Lipinski definition) is 1. The topological polar surface area (TPSA) is 36.9 Å². The Hall–Kier alpha value is -2.17. The lowest BCUT2D eigenvalue weighted by atomic mass is 9.91. The van der Waals surface area contributed by atoms with E-state index in [1.807, 2.05) is 0 Å². The summed E-state index contributed by atoms with van der Waals surface area (Å²) in [6.45, 7) is 3.89. The maximum Gasteiger partial charge on any atom is 0.126 e. The SMILES string of the molecule is CN(C)Cc1c(OCCc2ccccc2)ccc2c1=NC=2CCC1CCNCC1. The molecule has 0 aliphatic carbocycles. The molecule has 1 saturated heterocycles. The van der Waals surface area contributed by atoms with Gasteiger partial charge in [-0.05, 0) is 76.5 Å². The number of nitrogens with zero attached hydrogens (tertiary/aromatic N) is 2. The van der Waals surface area contributed by atoms with Crippen molar-refractivity contribution in [3.63, 3.8) is 0 Å². The van der Waals surface area contributed by atoms with Crippen LogP contribution in [0.15, 0.2) is 47.5 Å². The molecule has 2 aromatic rings. The molecule has 4 heteroatoms. The van der Waals surface area contributed by atoms with Crippen LogP contribution in [0.5, 0.6) is 5.75 Å². The lowest BCUT2D eigenvalue weighted by Gasteiger charge is -2.24. The first-order valence-corrected chi connectivity index (χ1v) is 11.0. The van der Waals surface area contributed by atoms with Gasteiger partial charge < -0.3 is 15.0 Å². The van der Waals surface area contributed by atoms with Crippen molar-refractivity contribution in [1.82, 2.24) is 10.2 Å². The van der Waals surface area contributed by atoms with Gasteiger partial charge >= 0.3 is 0 Å². The Labute approximate surface area is 174 Å². The van der Waals surface area contributed by atoms with E-state index in [0.29, 0.717) is 6.61 Å². The summed E-state index contributed by atoms with van der Waals surface area (Å²) < 4.78 is 6.20. The van der Waals surface area contributed by atoms with Crippen molar-refractivity contribution < 1.29 is 4.74 Å². The first-order valence-electron chi connectivity index (χ1n) is 11.0. The monoisotopic (exact) mass is 391 g/mol. The molecule has 0 radical (unpaired) electrons. The average Bonchev–Trinajstić information content (AvgIpc) is 2.72. The van der Waals surface area contributed by atoms with Gasteiger partial charge in [-0.3, -0.25) is 4.99 Å². The molecule has 0 atom stereocenters. The molecule has 29 heavy (non-hydrogen) atoms. The fourth-order valence-corrected chi connectivity index (χ4v) is 4.35. The second-order valence-corrected chi connectivity index (χ2v) is 8.55. The molecule has 0 amide bonds. The van der Waals surface area contributed by atoms with Crippen LogP contribution >= 0.6 is 0 Å². The van der Waals surface area contributed by atoms with Gasteiger partial charge in [0.25, 0.3) is 0 Å². The molecule has 2 heterocycles. The molecular formula is C25H33N3O. The summed E-state index contributed by atoms with van der Waals surface area (Å²) in [5.74, 6) is 1.83. The molecule has 0 spiro atoms. The number of benzene rings is 2. The summed E-state index contributed by atoms with van der Waals surface area (Å²) in [4.78, 5) is 7.14. The molecule has 1 fully saturated rings. The van der Waals surface area contributed by atoms with E-state index in [-0.39, 0.29) is 0 Å². The molecule has 2 aliphatic heterocycles. The molecule has 1 N–H and O–H groups in total. The van der Waals surface area contributed by atoms with Crippen molar-refractivity contribution in [3.05, 3.63) is 64.2 Å². The van der Waals surface area contributed by atoms with E-state index in [9.17, 15) is 0 Å². The highest BCUT2D eigenvalue weighted by atomic mass is 16.5. The van der Waals surface area contributed by atoms with E-state index in [0.717, 1.165) is 36.4 Å². The molecule has 0 bridgehead atoms. The first-order chi connectivity index (χ1) is 14.2. The Morgan fingerprint density at radius 1 is 1.03 bits per heavy atom. The normalized spacial score (nSPS) is 16.3. The van der Waals surface area contributed by atoms with E-state index in [1.165, 1.54) is 54.4 Å². The third-order valence-corrected chi connectivity index (χ3v) is 6.01. The van der Waals surface area contributed by atoms with E-state index in [1.54, 1.807) is 0 Å².